The first-order chi connectivity index (χ1) is 19.6. The highest BCUT2D eigenvalue weighted by atomic mass is 35.5. The van der Waals surface area contributed by atoms with Gasteiger partial charge in [-0.1, -0.05) is 55.6 Å². The molecule has 0 radical (unpaired) electrons. The standard InChI is InChI=1S/C30H35Cl2N3O5S/c1-4-6-19-33-30(37)28(5-2)34(20-22-7-9-23(31)10-8-22)29(36)21-35(25-13-11-24(32)12-14-25)41(38,39)27-17-15-26(40-3)16-18-27/h7-18,28H,4-6,19-21H2,1-3H3,(H,33,37)/t28-/m1/s1. The number of rotatable bonds is 14. The van der Waals surface area contributed by atoms with Crippen LogP contribution < -0.4 is 14.4 Å². The Kier molecular flexibility index (Phi) is 11.9. The molecule has 0 saturated carbocycles. The van der Waals surface area contributed by atoms with Crippen LogP contribution in [0.4, 0.5) is 5.69 Å². The molecular weight excluding hydrogens is 585 g/mol. The van der Waals surface area contributed by atoms with E-state index in [-0.39, 0.29) is 23.0 Å². The van der Waals surface area contributed by atoms with Gasteiger partial charge in [-0.15, -0.1) is 0 Å². The van der Waals surface area contributed by atoms with Crippen molar-refractivity contribution >= 4 is 50.7 Å². The van der Waals surface area contributed by atoms with Crippen molar-refractivity contribution < 1.29 is 22.7 Å². The molecule has 0 aliphatic carbocycles. The van der Waals surface area contributed by atoms with Gasteiger partial charge in [0.05, 0.1) is 17.7 Å². The summed E-state index contributed by atoms with van der Waals surface area (Å²) >= 11 is 12.1. The van der Waals surface area contributed by atoms with Crippen molar-refractivity contribution in [1.82, 2.24) is 10.2 Å². The van der Waals surface area contributed by atoms with Crippen LogP contribution in [0.1, 0.15) is 38.7 Å². The van der Waals surface area contributed by atoms with Gasteiger partial charge in [-0.2, -0.15) is 0 Å². The number of amides is 2. The number of ether oxygens (including phenoxy) is 1. The van der Waals surface area contributed by atoms with E-state index in [1.165, 1.54) is 48.4 Å². The number of sulfonamides is 1. The van der Waals surface area contributed by atoms with Crippen LogP contribution in [0.15, 0.2) is 77.7 Å². The smallest absolute Gasteiger partial charge is 0.264 e. The lowest BCUT2D eigenvalue weighted by atomic mass is 10.1. The van der Waals surface area contributed by atoms with Crippen molar-refractivity contribution in [1.29, 1.82) is 0 Å². The Balaban J connectivity index is 2.02. The summed E-state index contributed by atoms with van der Waals surface area (Å²) in [5.41, 5.74) is 1.00. The predicted molar refractivity (Wildman–Crippen MR) is 163 cm³/mol. The fourth-order valence-electron chi connectivity index (χ4n) is 4.22. The first-order valence-corrected chi connectivity index (χ1v) is 15.5. The van der Waals surface area contributed by atoms with Gasteiger partial charge in [0.25, 0.3) is 10.0 Å². The van der Waals surface area contributed by atoms with Crippen molar-refractivity contribution in [3.8, 4) is 5.75 Å². The van der Waals surface area contributed by atoms with E-state index in [0.717, 1.165) is 22.7 Å². The van der Waals surface area contributed by atoms with Crippen LogP contribution in [0.2, 0.25) is 10.0 Å². The second-order valence-electron chi connectivity index (χ2n) is 9.38. The molecule has 1 N–H and O–H groups in total. The number of carbonyl (C=O) groups excluding carboxylic acids is 2. The molecule has 0 spiro atoms. The zero-order chi connectivity index (χ0) is 30.0. The molecule has 0 heterocycles. The van der Waals surface area contributed by atoms with E-state index in [2.05, 4.69) is 5.32 Å². The van der Waals surface area contributed by atoms with Crippen LogP contribution in [0.3, 0.4) is 0 Å². The van der Waals surface area contributed by atoms with Crippen molar-refractivity contribution in [2.24, 2.45) is 0 Å². The summed E-state index contributed by atoms with van der Waals surface area (Å²) in [5.74, 6) is -0.337. The van der Waals surface area contributed by atoms with Crippen molar-refractivity contribution in [2.75, 3.05) is 24.5 Å². The van der Waals surface area contributed by atoms with E-state index < -0.39 is 28.5 Å². The lowest BCUT2D eigenvalue weighted by Gasteiger charge is -2.33. The summed E-state index contributed by atoms with van der Waals surface area (Å²) in [6, 6.07) is 18.2. The molecule has 11 heteroatoms. The Bertz CT molecular complexity index is 1400. The second-order valence-corrected chi connectivity index (χ2v) is 12.1. The third kappa shape index (κ3) is 8.61. The molecule has 3 aromatic rings. The van der Waals surface area contributed by atoms with Crippen molar-refractivity contribution in [3.05, 3.63) is 88.4 Å². The fraction of sp³-hybridized carbons (Fsp3) is 0.333. The molecule has 0 unspecified atom stereocenters. The highest BCUT2D eigenvalue weighted by Crippen LogP contribution is 2.27. The van der Waals surface area contributed by atoms with Gasteiger partial charge in [0, 0.05) is 23.1 Å². The number of benzene rings is 3. The predicted octanol–water partition coefficient (Wildman–Crippen LogP) is 5.92. The van der Waals surface area contributed by atoms with Crippen LogP contribution >= 0.6 is 23.2 Å². The Morgan fingerprint density at radius 2 is 1.49 bits per heavy atom. The second kappa shape index (κ2) is 15.1. The third-order valence-corrected chi connectivity index (χ3v) is 8.81. The minimum atomic E-state index is -4.20. The van der Waals surface area contributed by atoms with E-state index in [1.54, 1.807) is 36.4 Å². The lowest BCUT2D eigenvalue weighted by Crippen LogP contribution is -2.52. The van der Waals surface area contributed by atoms with Crippen LogP contribution in [0, 0.1) is 0 Å². The highest BCUT2D eigenvalue weighted by molar-refractivity contribution is 7.92. The Morgan fingerprint density at radius 3 is 2.02 bits per heavy atom. The molecule has 8 nitrogen and oxygen atoms in total. The quantitative estimate of drug-likeness (QED) is 0.226. The SMILES string of the molecule is CCCCNC(=O)[C@@H](CC)N(Cc1ccc(Cl)cc1)C(=O)CN(c1ccc(Cl)cc1)S(=O)(=O)c1ccc(OC)cc1. The van der Waals surface area contributed by atoms with E-state index in [4.69, 9.17) is 27.9 Å². The van der Waals surface area contributed by atoms with Crippen molar-refractivity contribution in [3.63, 3.8) is 0 Å². The largest absolute Gasteiger partial charge is 0.497 e. The van der Waals surface area contributed by atoms with Crippen LogP contribution in [-0.2, 0) is 26.2 Å². The number of halogens is 2. The summed E-state index contributed by atoms with van der Waals surface area (Å²) in [6.07, 6.45) is 2.05. The molecule has 41 heavy (non-hydrogen) atoms. The Morgan fingerprint density at radius 1 is 0.902 bits per heavy atom. The molecule has 2 amide bonds. The number of nitrogens with zero attached hydrogens (tertiary/aromatic N) is 2. The van der Waals surface area contributed by atoms with E-state index >= 15 is 0 Å². The monoisotopic (exact) mass is 619 g/mol. The summed E-state index contributed by atoms with van der Waals surface area (Å²) in [4.78, 5) is 28.7. The molecule has 0 aromatic heterocycles. The molecule has 3 rings (SSSR count). The third-order valence-electron chi connectivity index (χ3n) is 6.52. The molecule has 0 fully saturated rings. The van der Waals surface area contributed by atoms with E-state index in [9.17, 15) is 18.0 Å². The zero-order valence-electron chi connectivity index (χ0n) is 23.3. The van der Waals surface area contributed by atoms with E-state index in [1.807, 2.05) is 13.8 Å². The molecule has 0 aliphatic heterocycles. The lowest BCUT2D eigenvalue weighted by molar-refractivity contribution is -0.140. The normalized spacial score (nSPS) is 11.9. The van der Waals surface area contributed by atoms with Crippen LogP contribution in [0.25, 0.3) is 0 Å². The number of anilines is 1. The summed E-state index contributed by atoms with van der Waals surface area (Å²) < 4.78 is 34.0. The maximum absolute atomic E-state index is 14.0. The molecule has 220 valence electrons. The van der Waals surface area contributed by atoms with Crippen LogP contribution in [-0.4, -0.2) is 51.4 Å². The average molecular weight is 621 g/mol. The average Bonchev–Trinajstić information content (AvgIpc) is 2.97. The van der Waals surface area contributed by atoms with Gasteiger partial charge < -0.3 is 15.0 Å². The number of methoxy groups -OCH3 is 1. The highest BCUT2D eigenvalue weighted by Gasteiger charge is 2.33. The minimum absolute atomic E-state index is 0.0188. The number of unbranched alkanes of at least 4 members (excludes halogenated alkanes) is 1. The number of carbonyl (C=O) groups is 2. The molecular formula is C30H35Cl2N3O5S. The molecule has 1 atom stereocenters. The van der Waals surface area contributed by atoms with Gasteiger partial charge in [0.15, 0.2) is 0 Å². The summed E-state index contributed by atoms with van der Waals surface area (Å²) in [6.45, 7) is 3.87. The molecule has 0 bridgehead atoms. The molecule has 0 saturated heterocycles. The summed E-state index contributed by atoms with van der Waals surface area (Å²) in [5, 5.41) is 3.87. The molecule has 3 aromatic carbocycles. The van der Waals surface area contributed by atoms with Gasteiger partial charge >= 0.3 is 0 Å². The minimum Gasteiger partial charge on any atom is -0.497 e. The first kappa shape index (κ1) is 32.2. The van der Waals surface area contributed by atoms with Gasteiger partial charge in [-0.05, 0) is 79.1 Å². The van der Waals surface area contributed by atoms with Gasteiger partial charge in [0.1, 0.15) is 18.3 Å². The maximum Gasteiger partial charge on any atom is 0.264 e. The van der Waals surface area contributed by atoms with Gasteiger partial charge in [-0.25, -0.2) is 8.42 Å². The fourth-order valence-corrected chi connectivity index (χ4v) is 5.89. The zero-order valence-corrected chi connectivity index (χ0v) is 25.7. The number of hydrogen-bond acceptors (Lipinski definition) is 5. The molecule has 0 aliphatic rings. The first-order valence-electron chi connectivity index (χ1n) is 13.3. The van der Waals surface area contributed by atoms with Gasteiger partial charge in [-0.3, -0.25) is 13.9 Å². The Labute approximate surface area is 252 Å². The van der Waals surface area contributed by atoms with Crippen molar-refractivity contribution in [2.45, 2.75) is 50.6 Å². The Hall–Kier alpha value is -3.27. The van der Waals surface area contributed by atoms with Gasteiger partial charge in [0.2, 0.25) is 11.8 Å². The number of nitrogens with one attached hydrogen (secondary N) is 1. The van der Waals surface area contributed by atoms with E-state index in [0.29, 0.717) is 28.8 Å². The maximum atomic E-state index is 14.0. The summed E-state index contributed by atoms with van der Waals surface area (Å²) in [7, 11) is -2.71. The van der Waals surface area contributed by atoms with Crippen LogP contribution in [0.5, 0.6) is 5.75 Å². The topological polar surface area (TPSA) is 96.0 Å². The number of hydrogen-bond donors (Lipinski definition) is 1.